The molecule has 0 radical (unpaired) electrons. The van der Waals surface area contributed by atoms with E-state index < -0.39 is 6.10 Å². The van der Waals surface area contributed by atoms with Gasteiger partial charge in [-0.05, 0) is 12.1 Å². The highest BCUT2D eigenvalue weighted by Crippen LogP contribution is 2.08. The summed E-state index contributed by atoms with van der Waals surface area (Å²) in [6, 6.07) is 5.65. The number of rotatable bonds is 6. The maximum absolute atomic E-state index is 9.52. The Bertz CT molecular complexity index is 588. The van der Waals surface area contributed by atoms with Crippen molar-refractivity contribution in [1.82, 2.24) is 14.7 Å². The van der Waals surface area contributed by atoms with Gasteiger partial charge in [0.05, 0.1) is 30.2 Å². The second kappa shape index (κ2) is 6.29. The van der Waals surface area contributed by atoms with Gasteiger partial charge in [-0.1, -0.05) is 0 Å². The van der Waals surface area contributed by atoms with E-state index in [2.05, 4.69) is 16.4 Å². The monoisotopic (exact) mass is 260 g/mol. The molecule has 2 aromatic rings. The number of nitrogens with one attached hydrogen (secondary N) is 1. The van der Waals surface area contributed by atoms with E-state index in [0.717, 1.165) is 11.3 Å². The summed E-state index contributed by atoms with van der Waals surface area (Å²) in [5, 5.41) is 21.5. The first-order chi connectivity index (χ1) is 9.24. The molecule has 6 heteroatoms. The molecule has 1 atom stereocenters. The molecular weight excluding hydrogens is 244 g/mol. The van der Waals surface area contributed by atoms with Crippen LogP contribution >= 0.6 is 0 Å². The van der Waals surface area contributed by atoms with Crippen LogP contribution in [0.5, 0.6) is 0 Å². The lowest BCUT2D eigenvalue weighted by atomic mass is 10.3. The summed E-state index contributed by atoms with van der Waals surface area (Å²) in [6.07, 6.45) is 2.98. The van der Waals surface area contributed by atoms with Gasteiger partial charge in [-0.3, -0.25) is 0 Å². The molecule has 6 nitrogen and oxygen atoms in total. The number of aliphatic hydroxyl groups is 1. The second-order valence-electron chi connectivity index (χ2n) is 4.25. The Kier molecular flexibility index (Phi) is 4.47. The number of pyridine rings is 1. The van der Waals surface area contributed by atoms with Crippen molar-refractivity contribution in [2.45, 2.75) is 12.6 Å². The molecule has 0 aromatic carbocycles. The zero-order valence-electron chi connectivity index (χ0n) is 10.7. The SMILES string of the molecule is COCC(O)CNCc1cnc2ccc(C#N)cn12. The van der Waals surface area contributed by atoms with E-state index in [1.54, 1.807) is 25.6 Å². The molecule has 19 heavy (non-hydrogen) atoms. The quantitative estimate of drug-likeness (QED) is 0.780. The second-order valence-corrected chi connectivity index (χ2v) is 4.25. The molecule has 0 fully saturated rings. The van der Waals surface area contributed by atoms with Crippen LogP contribution in [0.1, 0.15) is 11.3 Å². The number of imidazole rings is 1. The van der Waals surface area contributed by atoms with E-state index in [1.165, 1.54) is 0 Å². The Morgan fingerprint density at radius 3 is 3.16 bits per heavy atom. The van der Waals surface area contributed by atoms with Crippen molar-refractivity contribution in [3.8, 4) is 6.07 Å². The first-order valence-electron chi connectivity index (χ1n) is 5.98. The van der Waals surface area contributed by atoms with Crippen molar-refractivity contribution in [1.29, 1.82) is 5.26 Å². The normalized spacial score (nSPS) is 12.5. The summed E-state index contributed by atoms with van der Waals surface area (Å²) in [5.74, 6) is 0. The fourth-order valence-electron chi connectivity index (χ4n) is 1.85. The molecule has 0 amide bonds. The summed E-state index contributed by atoms with van der Waals surface area (Å²) in [6.45, 7) is 1.31. The smallest absolute Gasteiger partial charge is 0.137 e. The molecule has 2 heterocycles. The number of ether oxygens (including phenoxy) is 1. The van der Waals surface area contributed by atoms with Gasteiger partial charge in [0.2, 0.25) is 0 Å². The predicted octanol–water partition coefficient (Wildman–Crippen LogP) is 0.303. The van der Waals surface area contributed by atoms with Gasteiger partial charge in [-0.25, -0.2) is 4.98 Å². The van der Waals surface area contributed by atoms with Crippen LogP contribution in [0.3, 0.4) is 0 Å². The maximum atomic E-state index is 9.52. The first kappa shape index (κ1) is 13.5. The molecule has 1 unspecified atom stereocenters. The van der Waals surface area contributed by atoms with Crippen molar-refractivity contribution < 1.29 is 9.84 Å². The summed E-state index contributed by atoms with van der Waals surface area (Å²) in [7, 11) is 1.55. The lowest BCUT2D eigenvalue weighted by Crippen LogP contribution is -2.30. The molecule has 100 valence electrons. The maximum Gasteiger partial charge on any atom is 0.137 e. The molecular formula is C13H16N4O2. The topological polar surface area (TPSA) is 82.6 Å². The number of fused-ring (bicyclic) bond motifs is 1. The van der Waals surface area contributed by atoms with Crippen molar-refractivity contribution >= 4 is 5.65 Å². The summed E-state index contributed by atoms with van der Waals surface area (Å²) >= 11 is 0. The van der Waals surface area contributed by atoms with Crippen LogP contribution in [0.4, 0.5) is 0 Å². The highest BCUT2D eigenvalue weighted by Gasteiger charge is 2.06. The van der Waals surface area contributed by atoms with Crippen LogP contribution in [0, 0.1) is 11.3 Å². The van der Waals surface area contributed by atoms with Gasteiger partial charge in [-0.2, -0.15) is 5.26 Å². The van der Waals surface area contributed by atoms with E-state index in [0.29, 0.717) is 25.3 Å². The van der Waals surface area contributed by atoms with Gasteiger partial charge in [0.25, 0.3) is 0 Å². The lowest BCUT2D eigenvalue weighted by molar-refractivity contribution is 0.0643. The van der Waals surface area contributed by atoms with E-state index in [-0.39, 0.29) is 0 Å². The Morgan fingerprint density at radius 1 is 1.58 bits per heavy atom. The molecule has 0 aliphatic heterocycles. The molecule has 0 aliphatic rings. The fraction of sp³-hybridized carbons (Fsp3) is 0.385. The largest absolute Gasteiger partial charge is 0.389 e. The van der Waals surface area contributed by atoms with E-state index in [9.17, 15) is 5.11 Å². The Morgan fingerprint density at radius 2 is 2.42 bits per heavy atom. The highest BCUT2D eigenvalue weighted by atomic mass is 16.5. The number of aromatic nitrogens is 2. The number of hydrogen-bond acceptors (Lipinski definition) is 5. The summed E-state index contributed by atoms with van der Waals surface area (Å²) < 4.78 is 6.72. The molecule has 0 spiro atoms. The van der Waals surface area contributed by atoms with Gasteiger partial charge in [0.15, 0.2) is 0 Å². The molecule has 0 saturated heterocycles. The minimum absolute atomic E-state index is 0.304. The zero-order valence-corrected chi connectivity index (χ0v) is 10.7. The van der Waals surface area contributed by atoms with E-state index in [1.807, 2.05) is 10.5 Å². The van der Waals surface area contributed by atoms with Crippen molar-refractivity contribution in [2.24, 2.45) is 0 Å². The third kappa shape index (κ3) is 3.29. The molecule has 2 aromatic heterocycles. The molecule has 0 saturated carbocycles. The zero-order chi connectivity index (χ0) is 13.7. The minimum Gasteiger partial charge on any atom is -0.389 e. The highest BCUT2D eigenvalue weighted by molar-refractivity contribution is 5.44. The molecule has 0 aliphatic carbocycles. The number of nitrogens with zero attached hydrogens (tertiary/aromatic N) is 3. The van der Waals surface area contributed by atoms with Gasteiger partial charge in [0, 0.05) is 26.4 Å². The molecule has 2 rings (SSSR count). The van der Waals surface area contributed by atoms with E-state index >= 15 is 0 Å². The van der Waals surface area contributed by atoms with Crippen LogP contribution in [-0.4, -0.2) is 40.9 Å². The van der Waals surface area contributed by atoms with Gasteiger partial charge < -0.3 is 19.6 Å². The van der Waals surface area contributed by atoms with Crippen LogP contribution in [0.2, 0.25) is 0 Å². The molecule has 0 bridgehead atoms. The van der Waals surface area contributed by atoms with Crippen LogP contribution < -0.4 is 5.32 Å². The third-order valence-electron chi connectivity index (χ3n) is 2.76. The standard InChI is InChI=1S/C13H16N4O2/c1-19-9-12(18)7-15-5-11-6-16-13-3-2-10(4-14)8-17(11)13/h2-3,6,8,12,15,18H,5,7,9H2,1H3. The number of aliphatic hydroxyl groups excluding tert-OH is 1. The summed E-state index contributed by atoms with van der Waals surface area (Å²) in [4.78, 5) is 4.25. The van der Waals surface area contributed by atoms with Crippen molar-refractivity contribution in [2.75, 3.05) is 20.3 Å². The van der Waals surface area contributed by atoms with Gasteiger partial charge in [0.1, 0.15) is 11.7 Å². The Hall–Kier alpha value is -1.94. The average Bonchev–Trinajstić information content (AvgIpc) is 2.81. The van der Waals surface area contributed by atoms with Crippen LogP contribution in [0.25, 0.3) is 5.65 Å². The Balaban J connectivity index is 2.03. The fourth-order valence-corrected chi connectivity index (χ4v) is 1.85. The van der Waals surface area contributed by atoms with Gasteiger partial charge in [-0.15, -0.1) is 0 Å². The van der Waals surface area contributed by atoms with Crippen molar-refractivity contribution in [3.63, 3.8) is 0 Å². The van der Waals surface area contributed by atoms with Crippen LogP contribution in [0.15, 0.2) is 24.5 Å². The summed E-state index contributed by atoms with van der Waals surface area (Å²) in [5.41, 5.74) is 2.33. The number of methoxy groups -OCH3 is 1. The van der Waals surface area contributed by atoms with Crippen LogP contribution in [-0.2, 0) is 11.3 Å². The lowest BCUT2D eigenvalue weighted by Gasteiger charge is -2.10. The van der Waals surface area contributed by atoms with E-state index in [4.69, 9.17) is 10.00 Å². The number of hydrogen-bond donors (Lipinski definition) is 2. The van der Waals surface area contributed by atoms with Crippen molar-refractivity contribution in [3.05, 3.63) is 35.8 Å². The minimum atomic E-state index is -0.529. The Labute approximate surface area is 111 Å². The molecule has 2 N–H and O–H groups in total. The first-order valence-corrected chi connectivity index (χ1v) is 5.98. The third-order valence-corrected chi connectivity index (χ3v) is 2.76. The number of nitriles is 1. The predicted molar refractivity (Wildman–Crippen MR) is 69.5 cm³/mol. The van der Waals surface area contributed by atoms with Gasteiger partial charge >= 0.3 is 0 Å². The average molecular weight is 260 g/mol.